The Morgan fingerprint density at radius 3 is 2.55 bits per heavy atom. The van der Waals surface area contributed by atoms with Crippen molar-refractivity contribution in [3.8, 4) is 11.4 Å². The Morgan fingerprint density at radius 1 is 1.13 bits per heavy atom. The Labute approximate surface area is 186 Å². The Balaban J connectivity index is 1.78. The van der Waals surface area contributed by atoms with Crippen LogP contribution in [0.2, 0.25) is 5.02 Å². The molecule has 0 aliphatic heterocycles. The highest BCUT2D eigenvalue weighted by atomic mass is 35.5. The van der Waals surface area contributed by atoms with E-state index in [9.17, 15) is 14.9 Å². The van der Waals surface area contributed by atoms with Crippen LogP contribution in [-0.4, -0.2) is 21.6 Å². The van der Waals surface area contributed by atoms with E-state index in [0.717, 1.165) is 5.56 Å². The molecule has 0 saturated carbocycles. The highest BCUT2D eigenvalue weighted by Gasteiger charge is 2.15. The van der Waals surface area contributed by atoms with E-state index in [1.165, 1.54) is 35.6 Å². The normalized spacial score (nSPS) is 10.9. The summed E-state index contributed by atoms with van der Waals surface area (Å²) in [6.07, 6.45) is 0. The number of nitro benzene ring substituents is 1. The molecule has 0 aliphatic rings. The molecule has 7 nitrogen and oxygen atoms in total. The molecular weight excluding hydrogens is 438 g/mol. The van der Waals surface area contributed by atoms with Crippen molar-refractivity contribution in [2.75, 3.05) is 7.11 Å². The average Bonchev–Trinajstić information content (AvgIpc) is 2.78. The molecule has 0 bridgehead atoms. The van der Waals surface area contributed by atoms with Crippen molar-refractivity contribution in [1.29, 1.82) is 0 Å². The van der Waals surface area contributed by atoms with E-state index >= 15 is 0 Å². The van der Waals surface area contributed by atoms with E-state index in [1.807, 2.05) is 6.07 Å². The van der Waals surface area contributed by atoms with Crippen molar-refractivity contribution >= 4 is 40.0 Å². The first-order valence-electron chi connectivity index (χ1n) is 9.20. The van der Waals surface area contributed by atoms with E-state index in [0.29, 0.717) is 38.3 Å². The van der Waals surface area contributed by atoms with Gasteiger partial charge in [-0.25, -0.2) is 4.98 Å². The first kappa shape index (κ1) is 20.9. The van der Waals surface area contributed by atoms with Crippen molar-refractivity contribution in [3.05, 3.63) is 97.8 Å². The number of non-ortho nitro benzene ring substituents is 1. The quantitative estimate of drug-likeness (QED) is 0.171. The molecule has 0 saturated heterocycles. The van der Waals surface area contributed by atoms with Gasteiger partial charge in [-0.2, -0.15) is 0 Å². The lowest BCUT2D eigenvalue weighted by Gasteiger charge is -2.14. The second kappa shape index (κ2) is 8.79. The standard InChI is InChI=1S/C22H16ClN3O4S/c1-30-20-11-10-16(12-18(20)23)25-21(27)17-4-2-3-5-19(17)24-22(25)31-13-14-6-8-15(9-7-14)26(28)29/h2-12H,13H2,1H3. The van der Waals surface area contributed by atoms with Crippen LogP contribution in [0, 0.1) is 10.1 Å². The molecule has 0 fully saturated rings. The molecule has 1 heterocycles. The maximum Gasteiger partial charge on any atom is 0.269 e. The molecule has 9 heteroatoms. The number of thioether (sulfide) groups is 1. The number of hydrogen-bond donors (Lipinski definition) is 0. The summed E-state index contributed by atoms with van der Waals surface area (Å²) >= 11 is 7.65. The van der Waals surface area contributed by atoms with Gasteiger partial charge in [0.2, 0.25) is 0 Å². The van der Waals surface area contributed by atoms with Crippen LogP contribution in [0.25, 0.3) is 16.6 Å². The number of benzene rings is 3. The summed E-state index contributed by atoms with van der Waals surface area (Å²) in [7, 11) is 1.52. The van der Waals surface area contributed by atoms with Gasteiger partial charge in [-0.05, 0) is 35.9 Å². The zero-order valence-electron chi connectivity index (χ0n) is 16.3. The number of nitrogens with zero attached hydrogens (tertiary/aromatic N) is 3. The van der Waals surface area contributed by atoms with E-state index < -0.39 is 4.92 Å². The fourth-order valence-electron chi connectivity index (χ4n) is 3.09. The van der Waals surface area contributed by atoms with Crippen LogP contribution in [0.5, 0.6) is 5.75 Å². The van der Waals surface area contributed by atoms with Crippen LogP contribution in [0.3, 0.4) is 0 Å². The predicted octanol–water partition coefficient (Wildman–Crippen LogP) is 5.25. The third-order valence-electron chi connectivity index (χ3n) is 4.65. The van der Waals surface area contributed by atoms with Crippen LogP contribution in [0.15, 0.2) is 76.7 Å². The SMILES string of the molecule is COc1ccc(-n2c(SCc3ccc([N+](=O)[O-])cc3)nc3ccccc3c2=O)cc1Cl. The smallest absolute Gasteiger partial charge is 0.269 e. The average molecular weight is 454 g/mol. The summed E-state index contributed by atoms with van der Waals surface area (Å²) in [6.45, 7) is 0. The number of rotatable bonds is 6. The second-order valence-electron chi connectivity index (χ2n) is 6.58. The zero-order chi connectivity index (χ0) is 22.0. The first-order valence-corrected chi connectivity index (χ1v) is 10.6. The molecule has 0 amide bonds. The predicted molar refractivity (Wildman–Crippen MR) is 122 cm³/mol. The minimum absolute atomic E-state index is 0.0300. The number of fused-ring (bicyclic) bond motifs is 1. The number of ether oxygens (including phenoxy) is 1. The van der Waals surface area contributed by atoms with E-state index in [2.05, 4.69) is 4.98 Å². The van der Waals surface area contributed by atoms with Crippen molar-refractivity contribution in [2.24, 2.45) is 0 Å². The third kappa shape index (κ3) is 4.26. The lowest BCUT2D eigenvalue weighted by Crippen LogP contribution is -2.21. The number of hydrogen-bond acceptors (Lipinski definition) is 6. The highest BCUT2D eigenvalue weighted by molar-refractivity contribution is 7.98. The summed E-state index contributed by atoms with van der Waals surface area (Å²) in [5, 5.41) is 12.2. The molecule has 0 unspecified atom stereocenters. The van der Waals surface area contributed by atoms with Gasteiger partial charge in [0.1, 0.15) is 5.75 Å². The highest BCUT2D eigenvalue weighted by Crippen LogP contribution is 2.30. The fourth-order valence-corrected chi connectivity index (χ4v) is 4.31. The molecule has 0 aliphatic carbocycles. The van der Waals surface area contributed by atoms with Crippen LogP contribution >= 0.6 is 23.4 Å². The minimum atomic E-state index is -0.438. The molecule has 0 atom stereocenters. The van der Waals surface area contributed by atoms with Gasteiger partial charge in [0, 0.05) is 17.9 Å². The van der Waals surface area contributed by atoms with Crippen LogP contribution in [-0.2, 0) is 5.75 Å². The van der Waals surface area contributed by atoms with Gasteiger partial charge in [0.15, 0.2) is 5.16 Å². The topological polar surface area (TPSA) is 87.3 Å². The van der Waals surface area contributed by atoms with E-state index in [4.69, 9.17) is 16.3 Å². The Kier molecular flexibility index (Phi) is 5.92. The van der Waals surface area contributed by atoms with Crippen molar-refractivity contribution in [1.82, 2.24) is 9.55 Å². The third-order valence-corrected chi connectivity index (χ3v) is 5.96. The molecular formula is C22H16ClN3O4S. The largest absolute Gasteiger partial charge is 0.495 e. The van der Waals surface area contributed by atoms with Crippen molar-refractivity contribution in [3.63, 3.8) is 0 Å². The van der Waals surface area contributed by atoms with Crippen LogP contribution in [0.1, 0.15) is 5.56 Å². The lowest BCUT2D eigenvalue weighted by atomic mass is 10.2. The Bertz CT molecular complexity index is 1340. The maximum absolute atomic E-state index is 13.3. The van der Waals surface area contributed by atoms with Gasteiger partial charge in [0.05, 0.1) is 33.6 Å². The summed E-state index contributed by atoms with van der Waals surface area (Å²) in [4.78, 5) is 28.4. The number of nitro groups is 1. The van der Waals surface area contributed by atoms with Gasteiger partial charge in [-0.3, -0.25) is 19.5 Å². The molecule has 1 aromatic heterocycles. The molecule has 0 N–H and O–H groups in total. The first-order chi connectivity index (χ1) is 15.0. The monoisotopic (exact) mass is 453 g/mol. The number of para-hydroxylation sites is 1. The van der Waals surface area contributed by atoms with Crippen molar-refractivity contribution < 1.29 is 9.66 Å². The molecule has 156 valence electrons. The van der Waals surface area contributed by atoms with Gasteiger partial charge in [0.25, 0.3) is 11.2 Å². The minimum Gasteiger partial charge on any atom is -0.495 e. The number of halogens is 1. The fraction of sp³-hybridized carbons (Fsp3) is 0.0909. The van der Waals surface area contributed by atoms with Gasteiger partial charge in [-0.15, -0.1) is 0 Å². The summed E-state index contributed by atoms with van der Waals surface area (Å²) in [6, 6.07) is 18.6. The molecule has 4 aromatic rings. The Morgan fingerprint density at radius 2 is 1.87 bits per heavy atom. The molecule has 3 aromatic carbocycles. The molecule has 0 spiro atoms. The summed E-state index contributed by atoms with van der Waals surface area (Å²) in [5.41, 5.74) is 1.85. The van der Waals surface area contributed by atoms with E-state index in [1.54, 1.807) is 48.5 Å². The Hall–Kier alpha value is -3.36. The van der Waals surface area contributed by atoms with E-state index in [-0.39, 0.29) is 11.2 Å². The van der Waals surface area contributed by atoms with Crippen LogP contribution in [0.4, 0.5) is 5.69 Å². The summed E-state index contributed by atoms with van der Waals surface area (Å²) < 4.78 is 6.73. The van der Waals surface area contributed by atoms with Crippen molar-refractivity contribution in [2.45, 2.75) is 10.9 Å². The molecule has 0 radical (unpaired) electrons. The zero-order valence-corrected chi connectivity index (χ0v) is 17.9. The van der Waals surface area contributed by atoms with Crippen LogP contribution < -0.4 is 10.3 Å². The summed E-state index contributed by atoms with van der Waals surface area (Å²) in [5.74, 6) is 0.986. The molecule has 4 rings (SSSR count). The second-order valence-corrected chi connectivity index (χ2v) is 7.93. The van der Waals surface area contributed by atoms with Gasteiger partial charge in [-0.1, -0.05) is 47.6 Å². The van der Waals surface area contributed by atoms with Gasteiger partial charge >= 0.3 is 0 Å². The lowest BCUT2D eigenvalue weighted by molar-refractivity contribution is -0.384. The molecule has 31 heavy (non-hydrogen) atoms. The maximum atomic E-state index is 13.3. The van der Waals surface area contributed by atoms with Gasteiger partial charge < -0.3 is 4.74 Å². The number of methoxy groups -OCH3 is 1. The number of aromatic nitrogens is 2.